The molecule has 0 atom stereocenters. The highest BCUT2D eigenvalue weighted by Gasteiger charge is 2.34. The summed E-state index contributed by atoms with van der Waals surface area (Å²) in [5.74, 6) is -2.53. The predicted octanol–water partition coefficient (Wildman–Crippen LogP) is 2.92. The summed E-state index contributed by atoms with van der Waals surface area (Å²) >= 11 is 2.77. The number of nitriles is 1. The lowest BCUT2D eigenvalue weighted by Crippen LogP contribution is -2.19. The van der Waals surface area contributed by atoms with Crippen LogP contribution >= 0.6 is 15.9 Å². The summed E-state index contributed by atoms with van der Waals surface area (Å²) in [7, 11) is 0. The Balaban J connectivity index is 3.39. The number of ether oxygens (including phenoxy) is 1. The third kappa shape index (κ3) is 3.35. The first-order valence-electron chi connectivity index (χ1n) is 3.97. The van der Waals surface area contributed by atoms with E-state index in [9.17, 15) is 18.0 Å². The highest BCUT2D eigenvalue weighted by Crippen LogP contribution is 2.32. The Bertz CT molecular complexity index is 507. The zero-order valence-corrected chi connectivity index (χ0v) is 9.46. The van der Waals surface area contributed by atoms with Gasteiger partial charge in [0.25, 0.3) is 0 Å². The van der Waals surface area contributed by atoms with Gasteiger partial charge in [-0.05, 0) is 28.1 Å². The van der Waals surface area contributed by atoms with Crippen LogP contribution in [-0.4, -0.2) is 17.4 Å². The summed E-state index contributed by atoms with van der Waals surface area (Å²) < 4.78 is 39.5. The highest BCUT2D eigenvalue weighted by molar-refractivity contribution is 9.10. The predicted molar refractivity (Wildman–Crippen MR) is 52.5 cm³/mol. The molecule has 0 aliphatic rings. The smallest absolute Gasteiger partial charge is 0.478 e. The van der Waals surface area contributed by atoms with Crippen molar-refractivity contribution in [1.82, 2.24) is 0 Å². The van der Waals surface area contributed by atoms with Crippen LogP contribution in [0.1, 0.15) is 15.9 Å². The lowest BCUT2D eigenvalue weighted by atomic mass is 10.1. The SMILES string of the molecule is N#Cc1cc(Br)c(C(=O)O)c(OC(F)(F)F)c1. The zero-order chi connectivity index (χ0) is 13.2. The third-order valence-electron chi connectivity index (χ3n) is 1.62. The lowest BCUT2D eigenvalue weighted by molar-refractivity contribution is -0.274. The normalized spacial score (nSPS) is 10.8. The number of carboxylic acids is 1. The molecule has 0 fully saturated rings. The molecule has 0 heterocycles. The van der Waals surface area contributed by atoms with Gasteiger partial charge < -0.3 is 9.84 Å². The Morgan fingerprint density at radius 3 is 2.47 bits per heavy atom. The molecule has 4 nitrogen and oxygen atoms in total. The first-order valence-corrected chi connectivity index (χ1v) is 4.76. The molecule has 0 amide bonds. The van der Waals surface area contributed by atoms with Crippen LogP contribution in [0.5, 0.6) is 5.75 Å². The number of rotatable bonds is 2. The van der Waals surface area contributed by atoms with E-state index in [1.165, 1.54) is 0 Å². The number of hydrogen-bond acceptors (Lipinski definition) is 3. The van der Waals surface area contributed by atoms with E-state index >= 15 is 0 Å². The van der Waals surface area contributed by atoms with Crippen LogP contribution in [0.4, 0.5) is 13.2 Å². The van der Waals surface area contributed by atoms with Crippen LogP contribution in [0.2, 0.25) is 0 Å². The first-order chi connectivity index (χ1) is 7.74. The summed E-state index contributed by atoms with van der Waals surface area (Å²) in [6, 6.07) is 3.39. The van der Waals surface area contributed by atoms with Gasteiger partial charge in [0.1, 0.15) is 11.3 Å². The molecule has 0 radical (unpaired) electrons. The largest absolute Gasteiger partial charge is 0.573 e. The fourth-order valence-electron chi connectivity index (χ4n) is 1.06. The fraction of sp³-hybridized carbons (Fsp3) is 0.111. The van der Waals surface area contributed by atoms with Crippen LogP contribution in [0.25, 0.3) is 0 Å². The van der Waals surface area contributed by atoms with E-state index in [1.54, 1.807) is 6.07 Å². The van der Waals surface area contributed by atoms with Crippen molar-refractivity contribution in [3.05, 3.63) is 27.7 Å². The van der Waals surface area contributed by atoms with Gasteiger partial charge in [-0.25, -0.2) is 4.79 Å². The minimum absolute atomic E-state index is 0.152. The molecular formula is C9H3BrF3NO3. The van der Waals surface area contributed by atoms with Gasteiger partial charge in [-0.15, -0.1) is 13.2 Å². The van der Waals surface area contributed by atoms with Crippen molar-refractivity contribution in [2.75, 3.05) is 0 Å². The van der Waals surface area contributed by atoms with Gasteiger partial charge in [0, 0.05) is 4.47 Å². The number of aromatic carboxylic acids is 1. The van der Waals surface area contributed by atoms with Crippen LogP contribution in [-0.2, 0) is 0 Å². The molecule has 0 saturated heterocycles. The Morgan fingerprint density at radius 1 is 1.47 bits per heavy atom. The van der Waals surface area contributed by atoms with Gasteiger partial charge in [0.2, 0.25) is 0 Å². The molecule has 1 aromatic carbocycles. The number of benzene rings is 1. The van der Waals surface area contributed by atoms with Crippen molar-refractivity contribution in [3.8, 4) is 11.8 Å². The van der Waals surface area contributed by atoms with Crippen LogP contribution < -0.4 is 4.74 Å². The molecule has 17 heavy (non-hydrogen) atoms. The minimum Gasteiger partial charge on any atom is -0.478 e. The molecule has 0 aromatic heterocycles. The number of alkyl halides is 3. The summed E-state index contributed by atoms with van der Waals surface area (Å²) in [5.41, 5.74) is -0.845. The second-order valence-corrected chi connectivity index (χ2v) is 3.65. The topological polar surface area (TPSA) is 70.3 Å². The van der Waals surface area contributed by atoms with Crippen LogP contribution in [0.3, 0.4) is 0 Å². The van der Waals surface area contributed by atoms with E-state index in [1.807, 2.05) is 0 Å². The van der Waals surface area contributed by atoms with Crippen molar-refractivity contribution in [2.24, 2.45) is 0 Å². The number of carboxylic acid groups (broad SMARTS) is 1. The monoisotopic (exact) mass is 309 g/mol. The van der Waals surface area contributed by atoms with Crippen molar-refractivity contribution < 1.29 is 27.8 Å². The number of hydrogen-bond donors (Lipinski definition) is 1. The Hall–Kier alpha value is -1.75. The number of carbonyl (C=O) groups is 1. The maximum absolute atomic E-state index is 12.0. The van der Waals surface area contributed by atoms with E-state index < -0.39 is 23.6 Å². The Morgan fingerprint density at radius 2 is 2.06 bits per heavy atom. The standard InChI is InChI=1S/C9H3BrF3NO3/c10-5-1-4(3-14)2-6(7(5)8(15)16)17-9(11,12)13/h1-2H,(H,15,16). The van der Waals surface area contributed by atoms with Crippen molar-refractivity contribution in [1.29, 1.82) is 5.26 Å². The highest BCUT2D eigenvalue weighted by atomic mass is 79.9. The molecule has 8 heteroatoms. The second-order valence-electron chi connectivity index (χ2n) is 2.80. The second kappa shape index (κ2) is 4.63. The van der Waals surface area contributed by atoms with E-state index in [2.05, 4.69) is 20.7 Å². The maximum atomic E-state index is 12.0. The molecule has 0 bridgehead atoms. The van der Waals surface area contributed by atoms with Crippen LogP contribution in [0.15, 0.2) is 16.6 Å². The molecule has 0 aliphatic heterocycles. The van der Waals surface area contributed by atoms with Gasteiger partial charge in [-0.3, -0.25) is 0 Å². The van der Waals surface area contributed by atoms with Gasteiger partial charge in [0.05, 0.1) is 11.6 Å². The van der Waals surface area contributed by atoms with Crippen LogP contribution in [0, 0.1) is 11.3 Å². The molecule has 1 rings (SSSR count). The molecule has 1 N–H and O–H groups in total. The molecule has 1 aromatic rings. The summed E-state index contributed by atoms with van der Waals surface area (Å²) in [4.78, 5) is 10.8. The third-order valence-corrected chi connectivity index (χ3v) is 2.25. The van der Waals surface area contributed by atoms with Gasteiger partial charge in [-0.2, -0.15) is 5.26 Å². The van der Waals surface area contributed by atoms with E-state index in [-0.39, 0.29) is 10.0 Å². The van der Waals surface area contributed by atoms with Gasteiger partial charge in [-0.1, -0.05) is 0 Å². The number of halogens is 4. The van der Waals surface area contributed by atoms with Crippen molar-refractivity contribution in [2.45, 2.75) is 6.36 Å². The minimum atomic E-state index is -5.03. The quantitative estimate of drug-likeness (QED) is 0.912. The zero-order valence-electron chi connectivity index (χ0n) is 7.88. The molecular weight excluding hydrogens is 307 g/mol. The van der Waals surface area contributed by atoms with Crippen molar-refractivity contribution >= 4 is 21.9 Å². The number of nitrogens with zero attached hydrogens (tertiary/aromatic N) is 1. The average Bonchev–Trinajstić information content (AvgIpc) is 2.13. The van der Waals surface area contributed by atoms with Crippen molar-refractivity contribution in [3.63, 3.8) is 0 Å². The summed E-state index contributed by atoms with van der Waals surface area (Å²) in [6.45, 7) is 0. The maximum Gasteiger partial charge on any atom is 0.573 e. The van der Waals surface area contributed by atoms with E-state index in [0.29, 0.717) is 6.07 Å². The summed E-state index contributed by atoms with van der Waals surface area (Å²) in [5, 5.41) is 17.3. The average molecular weight is 310 g/mol. The van der Waals surface area contributed by atoms with Gasteiger partial charge >= 0.3 is 12.3 Å². The Labute approximate surface area is 101 Å². The molecule has 0 spiro atoms. The lowest BCUT2D eigenvalue weighted by Gasteiger charge is -2.12. The fourth-order valence-corrected chi connectivity index (χ4v) is 1.67. The molecule has 90 valence electrons. The molecule has 0 aliphatic carbocycles. The summed E-state index contributed by atoms with van der Waals surface area (Å²) in [6.07, 6.45) is -5.03. The van der Waals surface area contributed by atoms with E-state index in [0.717, 1.165) is 6.07 Å². The first kappa shape index (κ1) is 13.3. The molecule has 0 saturated carbocycles. The van der Waals surface area contributed by atoms with Gasteiger partial charge in [0.15, 0.2) is 0 Å². The molecule has 0 unspecified atom stereocenters. The Kier molecular flexibility index (Phi) is 3.63. The van der Waals surface area contributed by atoms with E-state index in [4.69, 9.17) is 10.4 Å².